The van der Waals surface area contributed by atoms with Gasteiger partial charge < -0.3 is 16.4 Å². The number of nitrogen functional groups attached to an aromatic ring is 1. The lowest BCUT2D eigenvalue weighted by Gasteiger charge is -2.19. The number of nitrogens with one attached hydrogen (secondary N) is 2. The highest BCUT2D eigenvalue weighted by Gasteiger charge is 2.27. The largest absolute Gasteiger partial charge is 0.382 e. The molecule has 1 amide bonds. The maximum Gasteiger partial charge on any atom is 0.258 e. The molecule has 4 N–H and O–H groups in total. The number of anilines is 2. The van der Waals surface area contributed by atoms with Gasteiger partial charge in [-0.2, -0.15) is 4.37 Å². The minimum absolute atomic E-state index is 0.111. The Morgan fingerprint density at radius 3 is 2.72 bits per heavy atom. The second-order valence-electron chi connectivity index (χ2n) is 5.93. The molecule has 1 aliphatic carbocycles. The topological polar surface area (TPSA) is 80.0 Å². The molecule has 18 heavy (non-hydrogen) atoms. The summed E-state index contributed by atoms with van der Waals surface area (Å²) in [7, 11) is 0. The van der Waals surface area contributed by atoms with E-state index in [0.29, 0.717) is 17.4 Å². The minimum Gasteiger partial charge on any atom is -0.382 e. The van der Waals surface area contributed by atoms with Crippen molar-refractivity contribution in [2.24, 2.45) is 5.41 Å². The lowest BCUT2D eigenvalue weighted by atomic mass is 9.97. The maximum atomic E-state index is 12.1. The fourth-order valence-electron chi connectivity index (χ4n) is 1.47. The first-order chi connectivity index (χ1) is 8.37. The van der Waals surface area contributed by atoms with Crippen molar-refractivity contribution in [2.45, 2.75) is 39.7 Å². The Kier molecular flexibility index (Phi) is 3.47. The molecular weight excluding hydrogens is 248 g/mol. The van der Waals surface area contributed by atoms with E-state index in [2.05, 4.69) is 35.8 Å². The van der Waals surface area contributed by atoms with Gasteiger partial charge in [0, 0.05) is 12.6 Å². The van der Waals surface area contributed by atoms with E-state index in [1.165, 1.54) is 11.5 Å². The number of amides is 1. The minimum atomic E-state index is -0.111. The van der Waals surface area contributed by atoms with E-state index in [0.717, 1.165) is 24.4 Å². The van der Waals surface area contributed by atoms with Crippen molar-refractivity contribution < 1.29 is 4.79 Å². The van der Waals surface area contributed by atoms with Gasteiger partial charge in [0.25, 0.3) is 5.91 Å². The molecule has 2 rings (SSSR count). The summed E-state index contributed by atoms with van der Waals surface area (Å²) in [6.45, 7) is 7.18. The Hall–Kier alpha value is -1.30. The molecule has 0 aliphatic heterocycles. The van der Waals surface area contributed by atoms with Crippen molar-refractivity contribution in [3.8, 4) is 0 Å². The summed E-state index contributed by atoms with van der Waals surface area (Å²) in [6, 6.07) is 0.326. The average molecular weight is 268 g/mol. The monoisotopic (exact) mass is 268 g/mol. The van der Waals surface area contributed by atoms with Gasteiger partial charge in [-0.15, -0.1) is 0 Å². The van der Waals surface area contributed by atoms with Crippen molar-refractivity contribution in [1.82, 2.24) is 9.69 Å². The summed E-state index contributed by atoms with van der Waals surface area (Å²) < 4.78 is 4.06. The molecule has 0 unspecified atom stereocenters. The van der Waals surface area contributed by atoms with Crippen molar-refractivity contribution >= 4 is 28.3 Å². The molecule has 1 saturated carbocycles. The number of rotatable bonds is 4. The van der Waals surface area contributed by atoms with E-state index in [1.54, 1.807) is 0 Å². The summed E-state index contributed by atoms with van der Waals surface area (Å²) in [5.74, 6) is 0.203. The predicted octanol–water partition coefficient (Wildman–Crippen LogP) is 2.08. The summed E-state index contributed by atoms with van der Waals surface area (Å²) in [5, 5.41) is 6.97. The second-order valence-corrected chi connectivity index (χ2v) is 6.71. The van der Waals surface area contributed by atoms with Gasteiger partial charge in [0.2, 0.25) is 0 Å². The number of carbonyl (C=O) groups excluding carboxylic acids is 1. The van der Waals surface area contributed by atoms with E-state index < -0.39 is 0 Å². The van der Waals surface area contributed by atoms with Crippen LogP contribution in [-0.4, -0.2) is 22.9 Å². The summed E-state index contributed by atoms with van der Waals surface area (Å²) in [5.41, 5.74) is 6.41. The number of hydrogen-bond acceptors (Lipinski definition) is 5. The molecule has 6 heteroatoms. The zero-order chi connectivity index (χ0) is 13.3. The first-order valence-electron chi connectivity index (χ1n) is 6.17. The van der Waals surface area contributed by atoms with Crippen molar-refractivity contribution in [2.75, 3.05) is 17.6 Å². The highest BCUT2D eigenvalue weighted by Crippen LogP contribution is 2.29. The smallest absolute Gasteiger partial charge is 0.258 e. The molecular formula is C12H20N4OS. The molecule has 0 radical (unpaired) electrons. The molecule has 1 aromatic heterocycles. The zero-order valence-corrected chi connectivity index (χ0v) is 11.9. The standard InChI is InChI=1S/C12H20N4OS/c1-12(2,3)6-14-11-8(9(13)16-18-11)10(17)15-7-4-5-7/h7,14H,4-6H2,1-3H3,(H2,13,16)(H,15,17). The quantitative estimate of drug-likeness (QED) is 0.781. The lowest BCUT2D eigenvalue weighted by Crippen LogP contribution is -2.27. The van der Waals surface area contributed by atoms with Crippen LogP contribution in [0.4, 0.5) is 10.8 Å². The third kappa shape index (κ3) is 3.35. The van der Waals surface area contributed by atoms with Gasteiger partial charge in [-0.25, -0.2) is 0 Å². The van der Waals surface area contributed by atoms with E-state index >= 15 is 0 Å². The number of nitrogens with two attached hydrogens (primary N) is 1. The first kappa shape index (κ1) is 13.1. The third-order valence-corrected chi connectivity index (χ3v) is 3.46. The molecule has 100 valence electrons. The number of aromatic nitrogens is 1. The summed E-state index contributed by atoms with van der Waals surface area (Å²) >= 11 is 1.25. The van der Waals surface area contributed by atoms with Crippen LogP contribution in [0, 0.1) is 5.41 Å². The van der Waals surface area contributed by atoms with Gasteiger partial charge in [0.1, 0.15) is 10.6 Å². The molecule has 0 spiro atoms. The highest BCUT2D eigenvalue weighted by molar-refractivity contribution is 7.11. The number of hydrogen-bond donors (Lipinski definition) is 3. The Morgan fingerprint density at radius 1 is 1.50 bits per heavy atom. The molecule has 0 aromatic carbocycles. The van der Waals surface area contributed by atoms with Crippen LogP contribution in [0.2, 0.25) is 0 Å². The van der Waals surface area contributed by atoms with Gasteiger partial charge in [-0.05, 0) is 29.8 Å². The van der Waals surface area contributed by atoms with E-state index in [4.69, 9.17) is 5.73 Å². The van der Waals surface area contributed by atoms with Gasteiger partial charge in [-0.1, -0.05) is 20.8 Å². The van der Waals surface area contributed by atoms with Gasteiger partial charge in [0.15, 0.2) is 5.82 Å². The normalized spacial score (nSPS) is 15.5. The average Bonchev–Trinajstić information content (AvgIpc) is 2.96. The van der Waals surface area contributed by atoms with Crippen LogP contribution in [0.1, 0.15) is 44.0 Å². The SMILES string of the molecule is CC(C)(C)CNc1snc(N)c1C(=O)NC1CC1. The van der Waals surface area contributed by atoms with Crippen molar-refractivity contribution in [1.29, 1.82) is 0 Å². The summed E-state index contributed by atoms with van der Waals surface area (Å²) in [4.78, 5) is 12.1. The second kappa shape index (κ2) is 4.76. The van der Waals surface area contributed by atoms with Crippen LogP contribution in [0.25, 0.3) is 0 Å². The van der Waals surface area contributed by atoms with E-state index in [1.807, 2.05) is 0 Å². The maximum absolute atomic E-state index is 12.1. The van der Waals surface area contributed by atoms with Crippen LogP contribution in [-0.2, 0) is 0 Å². The highest BCUT2D eigenvalue weighted by atomic mass is 32.1. The van der Waals surface area contributed by atoms with E-state index in [9.17, 15) is 4.79 Å². The Balaban J connectivity index is 2.08. The number of nitrogens with zero attached hydrogens (tertiary/aromatic N) is 1. The fourth-order valence-corrected chi connectivity index (χ4v) is 2.18. The van der Waals surface area contributed by atoms with Gasteiger partial charge in [-0.3, -0.25) is 4.79 Å². The molecule has 5 nitrogen and oxygen atoms in total. The van der Waals surface area contributed by atoms with Crippen molar-refractivity contribution in [3.63, 3.8) is 0 Å². The Bertz CT molecular complexity index is 445. The zero-order valence-electron chi connectivity index (χ0n) is 11.0. The molecule has 0 bridgehead atoms. The van der Waals surface area contributed by atoms with Crippen LogP contribution in [0.5, 0.6) is 0 Å². The molecule has 0 saturated heterocycles. The van der Waals surface area contributed by atoms with Crippen molar-refractivity contribution in [3.05, 3.63) is 5.56 Å². The first-order valence-corrected chi connectivity index (χ1v) is 6.94. The molecule has 1 aromatic rings. The fraction of sp³-hybridized carbons (Fsp3) is 0.667. The Labute approximate surface area is 111 Å². The van der Waals surface area contributed by atoms with Gasteiger partial charge in [0.05, 0.1) is 0 Å². The lowest BCUT2D eigenvalue weighted by molar-refractivity contribution is 0.0953. The third-order valence-electron chi connectivity index (χ3n) is 2.64. The molecule has 0 atom stereocenters. The summed E-state index contributed by atoms with van der Waals surface area (Å²) in [6.07, 6.45) is 2.13. The molecule has 1 heterocycles. The van der Waals surface area contributed by atoms with Gasteiger partial charge >= 0.3 is 0 Å². The van der Waals surface area contributed by atoms with E-state index in [-0.39, 0.29) is 11.3 Å². The van der Waals surface area contributed by atoms with Crippen LogP contribution >= 0.6 is 11.5 Å². The number of carbonyl (C=O) groups is 1. The molecule has 1 fully saturated rings. The van der Waals surface area contributed by atoms with Crippen LogP contribution in [0.15, 0.2) is 0 Å². The predicted molar refractivity (Wildman–Crippen MR) is 75.0 cm³/mol. The Morgan fingerprint density at radius 2 is 2.17 bits per heavy atom. The van der Waals surface area contributed by atoms with Crippen LogP contribution in [0.3, 0.4) is 0 Å². The molecule has 1 aliphatic rings. The van der Waals surface area contributed by atoms with Crippen LogP contribution < -0.4 is 16.4 Å².